The lowest BCUT2D eigenvalue weighted by atomic mass is 9.98. The summed E-state index contributed by atoms with van der Waals surface area (Å²) in [6.45, 7) is 5.70. The molecule has 1 aliphatic heterocycles. The van der Waals surface area contributed by atoms with Gasteiger partial charge in [0.05, 0.1) is 6.61 Å². The number of ether oxygens (including phenoxy) is 5. The number of carboxylic acid groups (broad SMARTS) is 1. The van der Waals surface area contributed by atoms with Crippen molar-refractivity contribution in [2.45, 2.75) is 276 Å². The Kier molecular flexibility index (Phi) is 49.5. The smallest absolute Gasteiger partial charge is 0.335 e. The van der Waals surface area contributed by atoms with Gasteiger partial charge in [0.2, 0.25) is 0 Å². The first kappa shape index (κ1) is 72.4. The second kappa shape index (κ2) is 54.0. The molecule has 0 aromatic heterocycles. The number of carboxylic acids is 1. The molecule has 12 nitrogen and oxygen atoms in total. The SMILES string of the molecule is CC/C=C\C/C=C\C/C=C\C/C=C\CCCCCCCCC(=O)OCC(COC1OC(C(=O)O)C(O)C(O)C1OC(=O)CCCCCCCC/C=C\C/C=C\C/C=C\C/C=C\CC)OC(=O)CCCCCCC/C=C\CCCC. The van der Waals surface area contributed by atoms with Crippen LogP contribution in [0, 0.1) is 0 Å². The predicted octanol–water partition coefficient (Wildman–Crippen LogP) is 16.2. The molecule has 0 saturated carbocycles. The maximum Gasteiger partial charge on any atom is 0.335 e. The topological polar surface area (TPSA) is 175 Å². The molecule has 448 valence electrons. The van der Waals surface area contributed by atoms with Crippen molar-refractivity contribution >= 4 is 23.9 Å². The maximum atomic E-state index is 13.1. The number of rotatable bonds is 51. The first-order valence-electron chi connectivity index (χ1n) is 30.9. The van der Waals surface area contributed by atoms with Gasteiger partial charge in [-0.15, -0.1) is 0 Å². The molecule has 1 saturated heterocycles. The molecule has 3 N–H and O–H groups in total. The standard InChI is InChI=1S/C67H108O12/c1-4-7-10-13-16-19-22-24-26-28-30-32-34-36-39-41-44-47-50-53-59(68)75-56-58(77-60(69)54-51-48-45-42-38-21-18-15-12-9-6-3)57-76-67-65(63(72)62(71)64(79-67)66(73)74)78-61(70)55-52-49-46-43-40-37-35-33-31-29-27-25-23-20-17-14-11-8-5-2/h7-8,10-11,15-20,24-27,30-33,58,62-65,67,71-72H,4-6,9,12-14,21-23,28-29,34-57H2,1-3H3,(H,73,74)/b10-7-,11-8-,18-15-,19-16-,20-17-,26-24-,27-25-,32-30-,33-31-. The van der Waals surface area contributed by atoms with E-state index in [0.717, 1.165) is 167 Å². The average molecular weight is 1110 g/mol. The van der Waals surface area contributed by atoms with E-state index in [1.165, 1.54) is 12.8 Å². The molecule has 79 heavy (non-hydrogen) atoms. The Balaban J connectivity index is 2.66. The lowest BCUT2D eigenvalue weighted by molar-refractivity contribution is -0.301. The molecule has 12 heteroatoms. The van der Waals surface area contributed by atoms with Crippen LogP contribution in [0.1, 0.15) is 239 Å². The van der Waals surface area contributed by atoms with Crippen LogP contribution in [0.15, 0.2) is 109 Å². The van der Waals surface area contributed by atoms with Gasteiger partial charge in [0.15, 0.2) is 24.6 Å². The molecule has 0 spiro atoms. The zero-order chi connectivity index (χ0) is 57.5. The van der Waals surface area contributed by atoms with E-state index in [1.54, 1.807) is 0 Å². The van der Waals surface area contributed by atoms with Gasteiger partial charge in [-0.3, -0.25) is 14.4 Å². The molecular formula is C67H108O12. The van der Waals surface area contributed by atoms with Crippen molar-refractivity contribution < 1.29 is 58.2 Å². The summed E-state index contributed by atoms with van der Waals surface area (Å²) in [7, 11) is 0. The summed E-state index contributed by atoms with van der Waals surface area (Å²) in [5, 5.41) is 31.5. The van der Waals surface area contributed by atoms with E-state index < -0.39 is 67.3 Å². The summed E-state index contributed by atoms with van der Waals surface area (Å²) >= 11 is 0. The molecule has 1 fully saturated rings. The quantitative estimate of drug-likeness (QED) is 0.0228. The van der Waals surface area contributed by atoms with Crippen molar-refractivity contribution in [2.24, 2.45) is 0 Å². The van der Waals surface area contributed by atoms with E-state index in [-0.39, 0.29) is 25.9 Å². The second-order valence-corrected chi connectivity index (χ2v) is 20.6. The molecule has 0 amide bonds. The fourth-order valence-electron chi connectivity index (χ4n) is 8.62. The number of unbranched alkanes of at least 4 members (excludes halogenated alkanes) is 19. The Bertz CT molecular complexity index is 1790. The van der Waals surface area contributed by atoms with Gasteiger partial charge < -0.3 is 39.0 Å². The Morgan fingerprint density at radius 3 is 1.23 bits per heavy atom. The van der Waals surface area contributed by atoms with Gasteiger partial charge in [-0.2, -0.15) is 0 Å². The number of hydrogen-bond donors (Lipinski definition) is 3. The normalized spacial score (nSPS) is 18.6. The summed E-state index contributed by atoms with van der Waals surface area (Å²) in [4.78, 5) is 51.2. The van der Waals surface area contributed by atoms with Gasteiger partial charge >= 0.3 is 23.9 Å². The number of aliphatic hydroxyl groups excluding tert-OH is 2. The van der Waals surface area contributed by atoms with E-state index in [4.69, 9.17) is 23.7 Å². The van der Waals surface area contributed by atoms with Crippen LogP contribution < -0.4 is 0 Å². The molecule has 6 unspecified atom stereocenters. The number of allylic oxidation sites excluding steroid dienone is 18. The van der Waals surface area contributed by atoms with Crippen molar-refractivity contribution in [2.75, 3.05) is 13.2 Å². The zero-order valence-electron chi connectivity index (χ0n) is 49.3. The monoisotopic (exact) mass is 1100 g/mol. The Morgan fingerprint density at radius 2 is 0.797 bits per heavy atom. The van der Waals surface area contributed by atoms with E-state index in [1.807, 2.05) is 0 Å². The third kappa shape index (κ3) is 43.8. The summed E-state index contributed by atoms with van der Waals surface area (Å²) in [6.07, 6.45) is 60.5. The van der Waals surface area contributed by atoms with Gasteiger partial charge in [0.1, 0.15) is 18.8 Å². The Morgan fingerprint density at radius 1 is 0.430 bits per heavy atom. The third-order valence-electron chi connectivity index (χ3n) is 13.3. The van der Waals surface area contributed by atoms with Crippen molar-refractivity contribution in [3.8, 4) is 0 Å². The molecule has 0 radical (unpaired) electrons. The molecule has 6 atom stereocenters. The van der Waals surface area contributed by atoms with Crippen LogP contribution >= 0.6 is 0 Å². The first-order chi connectivity index (χ1) is 38.6. The summed E-state index contributed by atoms with van der Waals surface area (Å²) in [6, 6.07) is 0. The van der Waals surface area contributed by atoms with Crippen LogP contribution in [0.3, 0.4) is 0 Å². The summed E-state index contributed by atoms with van der Waals surface area (Å²) < 4.78 is 28.4. The molecule has 1 heterocycles. The highest BCUT2D eigenvalue weighted by Gasteiger charge is 2.50. The van der Waals surface area contributed by atoms with Crippen molar-refractivity contribution in [1.82, 2.24) is 0 Å². The number of hydrogen-bond acceptors (Lipinski definition) is 11. The minimum absolute atomic E-state index is 0.0370. The van der Waals surface area contributed by atoms with Crippen molar-refractivity contribution in [3.05, 3.63) is 109 Å². The zero-order valence-corrected chi connectivity index (χ0v) is 49.3. The molecular weight excluding hydrogens is 997 g/mol. The molecule has 0 bridgehead atoms. The number of esters is 3. The first-order valence-corrected chi connectivity index (χ1v) is 30.9. The Labute approximate surface area is 478 Å². The molecule has 0 aliphatic carbocycles. The van der Waals surface area contributed by atoms with Crippen molar-refractivity contribution in [1.29, 1.82) is 0 Å². The van der Waals surface area contributed by atoms with Gasteiger partial charge in [-0.05, 0) is 116 Å². The van der Waals surface area contributed by atoms with Gasteiger partial charge in [0, 0.05) is 19.3 Å². The molecule has 1 rings (SSSR count). The fraction of sp³-hybridized carbons (Fsp3) is 0.672. The fourth-order valence-corrected chi connectivity index (χ4v) is 8.62. The van der Waals surface area contributed by atoms with Crippen LogP contribution in [0.5, 0.6) is 0 Å². The average Bonchev–Trinajstić information content (AvgIpc) is 3.48. The van der Waals surface area contributed by atoms with Crippen LogP contribution in [0.2, 0.25) is 0 Å². The minimum atomic E-state index is -1.92. The molecule has 0 aromatic carbocycles. The lowest BCUT2D eigenvalue weighted by Gasteiger charge is -2.40. The largest absolute Gasteiger partial charge is 0.479 e. The van der Waals surface area contributed by atoms with Crippen LogP contribution in [0.25, 0.3) is 0 Å². The van der Waals surface area contributed by atoms with Crippen LogP contribution in [0.4, 0.5) is 0 Å². The third-order valence-corrected chi connectivity index (χ3v) is 13.3. The maximum absolute atomic E-state index is 13.1. The number of aliphatic carboxylic acids is 1. The number of aliphatic hydroxyl groups is 2. The number of carbonyl (C=O) groups is 4. The predicted molar refractivity (Wildman–Crippen MR) is 321 cm³/mol. The van der Waals surface area contributed by atoms with E-state index >= 15 is 0 Å². The number of carbonyl (C=O) groups excluding carboxylic acids is 3. The highest BCUT2D eigenvalue weighted by Crippen LogP contribution is 2.26. The summed E-state index contributed by atoms with van der Waals surface area (Å²) in [5.41, 5.74) is 0. The minimum Gasteiger partial charge on any atom is -0.479 e. The van der Waals surface area contributed by atoms with E-state index in [9.17, 15) is 34.5 Å². The van der Waals surface area contributed by atoms with E-state index in [2.05, 4.69) is 130 Å². The van der Waals surface area contributed by atoms with Gasteiger partial charge in [-0.1, -0.05) is 214 Å². The van der Waals surface area contributed by atoms with Crippen LogP contribution in [-0.4, -0.2) is 89.2 Å². The van der Waals surface area contributed by atoms with Gasteiger partial charge in [0.25, 0.3) is 0 Å². The van der Waals surface area contributed by atoms with Gasteiger partial charge in [-0.25, -0.2) is 4.79 Å². The highest BCUT2D eigenvalue weighted by atomic mass is 16.7. The Hall–Kier alpha value is -4.62. The van der Waals surface area contributed by atoms with Crippen LogP contribution in [-0.2, 0) is 42.9 Å². The molecule has 0 aromatic rings. The summed E-state index contributed by atoms with van der Waals surface area (Å²) in [5.74, 6) is -3.18. The van der Waals surface area contributed by atoms with E-state index in [0.29, 0.717) is 19.3 Å². The highest BCUT2D eigenvalue weighted by molar-refractivity contribution is 5.74. The molecule has 1 aliphatic rings. The van der Waals surface area contributed by atoms with Crippen molar-refractivity contribution in [3.63, 3.8) is 0 Å². The lowest BCUT2D eigenvalue weighted by Crippen LogP contribution is -2.61. The second-order valence-electron chi connectivity index (χ2n) is 20.6.